The third-order valence-electron chi connectivity index (χ3n) is 4.87. The standard InChI is InChI=1S/C15H30N2O/c1-3-12-18-14-4-8-15(2,9-5-14)17-10-6-13(16)7-11-17/h13-14H,3-12,16H2,1-2H3. The SMILES string of the molecule is CCCOC1CCC(C)(N2CCC(N)CC2)CC1. The number of ether oxygens (including phenoxy) is 1. The van der Waals surface area contributed by atoms with Crippen LogP contribution in [-0.2, 0) is 4.74 Å². The van der Waals surface area contributed by atoms with Gasteiger partial charge in [-0.3, -0.25) is 4.90 Å². The number of nitrogens with zero attached hydrogens (tertiary/aromatic N) is 1. The first-order valence-corrected chi connectivity index (χ1v) is 7.76. The van der Waals surface area contributed by atoms with Crippen LogP contribution in [0.15, 0.2) is 0 Å². The van der Waals surface area contributed by atoms with E-state index in [4.69, 9.17) is 10.5 Å². The summed E-state index contributed by atoms with van der Waals surface area (Å²) in [5, 5.41) is 0. The van der Waals surface area contributed by atoms with Gasteiger partial charge in [-0.25, -0.2) is 0 Å². The Hall–Kier alpha value is -0.120. The maximum absolute atomic E-state index is 6.00. The zero-order valence-electron chi connectivity index (χ0n) is 12.2. The molecule has 1 heterocycles. The van der Waals surface area contributed by atoms with Gasteiger partial charge < -0.3 is 10.5 Å². The van der Waals surface area contributed by atoms with Gasteiger partial charge in [-0.1, -0.05) is 6.92 Å². The third-order valence-corrected chi connectivity index (χ3v) is 4.87. The van der Waals surface area contributed by atoms with Crippen LogP contribution in [-0.4, -0.2) is 42.3 Å². The molecule has 1 saturated carbocycles. The molecule has 0 radical (unpaired) electrons. The van der Waals surface area contributed by atoms with Crippen LogP contribution >= 0.6 is 0 Å². The highest BCUT2D eigenvalue weighted by Crippen LogP contribution is 2.36. The number of hydrogen-bond acceptors (Lipinski definition) is 3. The molecule has 3 heteroatoms. The molecule has 0 amide bonds. The summed E-state index contributed by atoms with van der Waals surface area (Å²) in [4.78, 5) is 2.69. The quantitative estimate of drug-likeness (QED) is 0.838. The summed E-state index contributed by atoms with van der Waals surface area (Å²) in [6.45, 7) is 7.94. The van der Waals surface area contributed by atoms with Crippen LogP contribution in [0.3, 0.4) is 0 Å². The van der Waals surface area contributed by atoms with Crippen LogP contribution < -0.4 is 5.73 Å². The molecule has 0 aromatic heterocycles. The van der Waals surface area contributed by atoms with Crippen molar-refractivity contribution in [2.45, 2.75) is 76.5 Å². The molecule has 1 aliphatic carbocycles. The number of rotatable bonds is 4. The van der Waals surface area contributed by atoms with Gasteiger partial charge in [-0.2, -0.15) is 0 Å². The fourth-order valence-electron chi connectivity index (χ4n) is 3.42. The molecule has 2 fully saturated rings. The van der Waals surface area contributed by atoms with E-state index in [-0.39, 0.29) is 0 Å². The molecule has 0 spiro atoms. The fourth-order valence-corrected chi connectivity index (χ4v) is 3.42. The van der Waals surface area contributed by atoms with Crippen LogP contribution in [0.5, 0.6) is 0 Å². The lowest BCUT2D eigenvalue weighted by Crippen LogP contribution is -2.54. The molecular weight excluding hydrogens is 224 g/mol. The summed E-state index contributed by atoms with van der Waals surface area (Å²) >= 11 is 0. The smallest absolute Gasteiger partial charge is 0.0576 e. The lowest BCUT2D eigenvalue weighted by molar-refractivity contribution is -0.0282. The highest BCUT2D eigenvalue weighted by atomic mass is 16.5. The van der Waals surface area contributed by atoms with Crippen molar-refractivity contribution in [3.8, 4) is 0 Å². The molecule has 18 heavy (non-hydrogen) atoms. The van der Waals surface area contributed by atoms with Crippen LogP contribution in [0.4, 0.5) is 0 Å². The Labute approximate surface area is 112 Å². The Bertz CT molecular complexity index is 241. The minimum absolute atomic E-state index is 0.409. The van der Waals surface area contributed by atoms with Crippen LogP contribution in [0.1, 0.15) is 58.8 Å². The maximum atomic E-state index is 6.00. The first kappa shape index (κ1) is 14.3. The second kappa shape index (κ2) is 6.36. The average Bonchev–Trinajstić information content (AvgIpc) is 2.39. The summed E-state index contributed by atoms with van der Waals surface area (Å²) in [7, 11) is 0. The summed E-state index contributed by atoms with van der Waals surface area (Å²) in [5.41, 5.74) is 6.41. The van der Waals surface area contributed by atoms with Crippen molar-refractivity contribution >= 4 is 0 Å². The Kier molecular flexibility index (Phi) is 5.05. The van der Waals surface area contributed by atoms with E-state index in [1.165, 1.54) is 51.6 Å². The largest absolute Gasteiger partial charge is 0.378 e. The Morgan fingerprint density at radius 1 is 1.17 bits per heavy atom. The zero-order chi connectivity index (χ0) is 13.0. The Morgan fingerprint density at radius 2 is 1.78 bits per heavy atom. The van der Waals surface area contributed by atoms with E-state index in [0.29, 0.717) is 17.7 Å². The van der Waals surface area contributed by atoms with E-state index in [2.05, 4.69) is 18.7 Å². The zero-order valence-corrected chi connectivity index (χ0v) is 12.2. The molecule has 1 saturated heterocycles. The number of hydrogen-bond donors (Lipinski definition) is 1. The van der Waals surface area contributed by atoms with Crippen molar-refractivity contribution in [2.75, 3.05) is 19.7 Å². The minimum Gasteiger partial charge on any atom is -0.378 e. The molecule has 0 aromatic carbocycles. The predicted molar refractivity (Wildman–Crippen MR) is 75.7 cm³/mol. The number of likely N-dealkylation sites (tertiary alicyclic amines) is 1. The van der Waals surface area contributed by atoms with Crippen molar-refractivity contribution in [1.82, 2.24) is 4.90 Å². The average molecular weight is 254 g/mol. The molecule has 0 unspecified atom stereocenters. The molecular formula is C15H30N2O. The lowest BCUT2D eigenvalue weighted by Gasteiger charge is -2.48. The van der Waals surface area contributed by atoms with Crippen LogP contribution in [0.2, 0.25) is 0 Å². The number of nitrogens with two attached hydrogens (primary N) is 1. The highest BCUT2D eigenvalue weighted by Gasteiger charge is 2.37. The topological polar surface area (TPSA) is 38.5 Å². The van der Waals surface area contributed by atoms with Gasteiger partial charge in [-0.15, -0.1) is 0 Å². The van der Waals surface area contributed by atoms with E-state index >= 15 is 0 Å². The van der Waals surface area contributed by atoms with Crippen LogP contribution in [0, 0.1) is 0 Å². The van der Waals surface area contributed by atoms with Gasteiger partial charge in [0.05, 0.1) is 6.10 Å². The molecule has 3 nitrogen and oxygen atoms in total. The summed E-state index contributed by atoms with van der Waals surface area (Å²) in [6.07, 6.45) is 9.05. The minimum atomic E-state index is 0.409. The van der Waals surface area contributed by atoms with Gasteiger partial charge in [0.15, 0.2) is 0 Å². The molecule has 2 rings (SSSR count). The maximum Gasteiger partial charge on any atom is 0.0576 e. The molecule has 2 aliphatic rings. The molecule has 0 aromatic rings. The first-order valence-electron chi connectivity index (χ1n) is 7.76. The molecule has 1 aliphatic heterocycles. The molecule has 0 bridgehead atoms. The second-order valence-electron chi connectivity index (χ2n) is 6.39. The van der Waals surface area contributed by atoms with Gasteiger partial charge in [0, 0.05) is 31.3 Å². The summed E-state index contributed by atoms with van der Waals surface area (Å²) in [5.74, 6) is 0. The van der Waals surface area contributed by atoms with E-state index in [1.807, 2.05) is 0 Å². The van der Waals surface area contributed by atoms with E-state index in [1.54, 1.807) is 0 Å². The first-order chi connectivity index (χ1) is 8.64. The number of piperidine rings is 1. The van der Waals surface area contributed by atoms with E-state index < -0.39 is 0 Å². The molecule has 2 N–H and O–H groups in total. The lowest BCUT2D eigenvalue weighted by atomic mass is 9.79. The monoisotopic (exact) mass is 254 g/mol. The Morgan fingerprint density at radius 3 is 2.33 bits per heavy atom. The van der Waals surface area contributed by atoms with Gasteiger partial charge in [0.2, 0.25) is 0 Å². The normalized spacial score (nSPS) is 35.8. The van der Waals surface area contributed by atoms with E-state index in [0.717, 1.165) is 13.0 Å². The Balaban J connectivity index is 1.79. The van der Waals surface area contributed by atoms with Crippen molar-refractivity contribution in [3.63, 3.8) is 0 Å². The van der Waals surface area contributed by atoms with Crippen molar-refractivity contribution in [2.24, 2.45) is 5.73 Å². The van der Waals surface area contributed by atoms with Crippen molar-refractivity contribution in [1.29, 1.82) is 0 Å². The van der Waals surface area contributed by atoms with E-state index in [9.17, 15) is 0 Å². The highest BCUT2D eigenvalue weighted by molar-refractivity contribution is 4.94. The molecule has 0 atom stereocenters. The second-order valence-corrected chi connectivity index (χ2v) is 6.39. The van der Waals surface area contributed by atoms with Gasteiger partial charge in [-0.05, 0) is 51.9 Å². The van der Waals surface area contributed by atoms with Crippen molar-refractivity contribution < 1.29 is 4.74 Å². The van der Waals surface area contributed by atoms with Gasteiger partial charge >= 0.3 is 0 Å². The molecule has 106 valence electrons. The van der Waals surface area contributed by atoms with Gasteiger partial charge in [0.1, 0.15) is 0 Å². The van der Waals surface area contributed by atoms with Gasteiger partial charge in [0.25, 0.3) is 0 Å². The van der Waals surface area contributed by atoms with Crippen LogP contribution in [0.25, 0.3) is 0 Å². The third kappa shape index (κ3) is 3.46. The summed E-state index contributed by atoms with van der Waals surface area (Å²) in [6, 6.07) is 0.439. The van der Waals surface area contributed by atoms with Crippen molar-refractivity contribution in [3.05, 3.63) is 0 Å². The predicted octanol–water partition coefficient (Wildman–Crippen LogP) is 2.54. The fraction of sp³-hybridized carbons (Fsp3) is 1.00. The summed E-state index contributed by atoms with van der Waals surface area (Å²) < 4.78 is 5.89.